The number of furan rings is 1. The van der Waals surface area contributed by atoms with Crippen molar-refractivity contribution in [3.63, 3.8) is 0 Å². The van der Waals surface area contributed by atoms with Crippen LogP contribution in [-0.4, -0.2) is 24.5 Å². The van der Waals surface area contributed by atoms with E-state index in [1.807, 2.05) is 6.07 Å². The van der Waals surface area contributed by atoms with Crippen molar-refractivity contribution in [2.45, 2.75) is 31.8 Å². The van der Waals surface area contributed by atoms with Gasteiger partial charge >= 0.3 is 0 Å². The molecule has 1 aromatic rings. The van der Waals surface area contributed by atoms with Crippen molar-refractivity contribution in [3.05, 3.63) is 21.0 Å². The maximum atomic E-state index is 5.82. The van der Waals surface area contributed by atoms with Crippen LogP contribution in [0.2, 0.25) is 0 Å². The summed E-state index contributed by atoms with van der Waals surface area (Å²) in [5.74, 6) is 1.62. The number of halogens is 2. The van der Waals surface area contributed by atoms with Crippen molar-refractivity contribution in [1.82, 2.24) is 4.90 Å². The van der Waals surface area contributed by atoms with Crippen LogP contribution in [0.25, 0.3) is 0 Å². The Labute approximate surface area is 119 Å². The first kappa shape index (κ1) is 13.6. The molecule has 2 N–H and O–H groups in total. The summed E-state index contributed by atoms with van der Waals surface area (Å²) in [5, 5.41) is 0. The Morgan fingerprint density at radius 3 is 2.82 bits per heavy atom. The van der Waals surface area contributed by atoms with Crippen LogP contribution in [0.3, 0.4) is 0 Å². The largest absolute Gasteiger partial charge is 0.452 e. The fourth-order valence-corrected chi connectivity index (χ4v) is 3.36. The van der Waals surface area contributed by atoms with Gasteiger partial charge in [-0.05, 0) is 70.3 Å². The van der Waals surface area contributed by atoms with Gasteiger partial charge in [0, 0.05) is 6.04 Å². The molecule has 3 nitrogen and oxygen atoms in total. The zero-order valence-corrected chi connectivity index (χ0v) is 13.1. The van der Waals surface area contributed by atoms with Crippen molar-refractivity contribution >= 4 is 31.9 Å². The van der Waals surface area contributed by atoms with Crippen LogP contribution in [0.5, 0.6) is 0 Å². The topological polar surface area (TPSA) is 42.4 Å². The van der Waals surface area contributed by atoms with Crippen molar-refractivity contribution in [1.29, 1.82) is 0 Å². The second-order valence-electron chi connectivity index (χ2n) is 4.74. The molecule has 1 aliphatic carbocycles. The maximum Gasteiger partial charge on any atom is 0.183 e. The van der Waals surface area contributed by atoms with Crippen LogP contribution in [0.1, 0.15) is 25.0 Å². The monoisotopic (exact) mass is 364 g/mol. The quantitative estimate of drug-likeness (QED) is 0.889. The lowest BCUT2D eigenvalue weighted by Gasteiger charge is -2.28. The molecule has 0 saturated heterocycles. The minimum atomic E-state index is 0.600. The summed E-state index contributed by atoms with van der Waals surface area (Å²) in [6.45, 7) is 1.63. The van der Waals surface area contributed by atoms with Crippen LogP contribution in [0.4, 0.5) is 0 Å². The van der Waals surface area contributed by atoms with Gasteiger partial charge in [-0.3, -0.25) is 4.90 Å². The lowest BCUT2D eigenvalue weighted by atomic mass is 10.0. The number of hydrogen-bond donors (Lipinski definition) is 1. The number of nitrogens with zero attached hydrogens (tertiary/aromatic N) is 1. The van der Waals surface area contributed by atoms with Crippen LogP contribution < -0.4 is 5.73 Å². The van der Waals surface area contributed by atoms with Gasteiger partial charge in [-0.1, -0.05) is 6.42 Å². The zero-order chi connectivity index (χ0) is 12.4. The summed E-state index contributed by atoms with van der Waals surface area (Å²) in [4.78, 5) is 2.36. The van der Waals surface area contributed by atoms with Gasteiger partial charge in [-0.15, -0.1) is 0 Å². The fraction of sp³-hybridized carbons (Fsp3) is 0.667. The summed E-state index contributed by atoms with van der Waals surface area (Å²) >= 11 is 6.80. The summed E-state index contributed by atoms with van der Waals surface area (Å²) in [6, 6.07) is 2.62. The minimum absolute atomic E-state index is 0.600. The average Bonchev–Trinajstić information content (AvgIpc) is 2.86. The molecule has 96 valence electrons. The molecule has 1 fully saturated rings. The second kappa shape index (κ2) is 5.87. The predicted molar refractivity (Wildman–Crippen MR) is 75.8 cm³/mol. The van der Waals surface area contributed by atoms with E-state index >= 15 is 0 Å². The third kappa shape index (κ3) is 3.13. The summed E-state index contributed by atoms with van der Waals surface area (Å²) in [7, 11) is 2.16. The third-order valence-electron chi connectivity index (χ3n) is 3.59. The third-order valence-corrected chi connectivity index (χ3v) is 5.30. The first-order chi connectivity index (χ1) is 8.11. The number of rotatable bonds is 4. The van der Waals surface area contributed by atoms with E-state index in [0.717, 1.165) is 28.0 Å². The van der Waals surface area contributed by atoms with Gasteiger partial charge < -0.3 is 10.2 Å². The van der Waals surface area contributed by atoms with E-state index in [1.165, 1.54) is 19.3 Å². The Kier molecular flexibility index (Phi) is 4.69. The molecule has 17 heavy (non-hydrogen) atoms. The van der Waals surface area contributed by atoms with E-state index < -0.39 is 0 Å². The molecule has 1 aliphatic rings. The predicted octanol–water partition coefficient (Wildman–Crippen LogP) is 3.36. The van der Waals surface area contributed by atoms with Gasteiger partial charge in [0.1, 0.15) is 5.76 Å². The van der Waals surface area contributed by atoms with Gasteiger partial charge in [-0.2, -0.15) is 0 Å². The molecular formula is C12H18Br2N2O. The van der Waals surface area contributed by atoms with Gasteiger partial charge in [0.05, 0.1) is 11.0 Å². The van der Waals surface area contributed by atoms with Crippen molar-refractivity contribution in [2.24, 2.45) is 11.7 Å². The lowest BCUT2D eigenvalue weighted by Crippen LogP contribution is -2.37. The normalized spacial score (nSPS) is 24.8. The van der Waals surface area contributed by atoms with E-state index in [2.05, 4.69) is 43.8 Å². The molecule has 0 spiro atoms. The molecule has 0 bridgehead atoms. The number of hydrogen-bond acceptors (Lipinski definition) is 3. The van der Waals surface area contributed by atoms with Crippen LogP contribution in [0, 0.1) is 5.92 Å². The summed E-state index contributed by atoms with van der Waals surface area (Å²) < 4.78 is 7.35. The molecule has 1 aromatic heterocycles. The maximum absolute atomic E-state index is 5.82. The highest BCUT2D eigenvalue weighted by Crippen LogP contribution is 2.31. The number of nitrogens with two attached hydrogens (primary N) is 1. The first-order valence-corrected chi connectivity index (χ1v) is 7.54. The van der Waals surface area contributed by atoms with E-state index in [4.69, 9.17) is 10.2 Å². The lowest BCUT2D eigenvalue weighted by molar-refractivity contribution is 0.179. The summed E-state index contributed by atoms with van der Waals surface area (Å²) in [6.07, 6.45) is 3.81. The Balaban J connectivity index is 1.98. The van der Waals surface area contributed by atoms with Crippen molar-refractivity contribution in [2.75, 3.05) is 13.6 Å². The van der Waals surface area contributed by atoms with Crippen molar-refractivity contribution in [3.8, 4) is 0 Å². The molecule has 1 saturated carbocycles. The molecule has 0 amide bonds. The first-order valence-electron chi connectivity index (χ1n) is 5.96. The van der Waals surface area contributed by atoms with Gasteiger partial charge in [-0.25, -0.2) is 0 Å². The molecule has 1 heterocycles. The molecule has 0 radical (unpaired) electrons. The molecular weight excluding hydrogens is 348 g/mol. The highest BCUT2D eigenvalue weighted by Gasteiger charge is 2.29. The van der Waals surface area contributed by atoms with E-state index in [-0.39, 0.29) is 0 Å². The molecule has 2 unspecified atom stereocenters. The standard InChI is InChI=1S/C12H18Br2N2O/c1-16(11-4-2-3-8(11)6-15)7-9-5-10(13)12(14)17-9/h5,8,11H,2-4,6-7,15H2,1H3. The average molecular weight is 366 g/mol. The zero-order valence-electron chi connectivity index (χ0n) is 9.96. The molecule has 2 rings (SSSR count). The van der Waals surface area contributed by atoms with E-state index in [0.29, 0.717) is 12.0 Å². The van der Waals surface area contributed by atoms with Crippen LogP contribution in [-0.2, 0) is 6.54 Å². The molecule has 2 atom stereocenters. The smallest absolute Gasteiger partial charge is 0.183 e. The Morgan fingerprint density at radius 1 is 1.47 bits per heavy atom. The molecule has 0 aliphatic heterocycles. The van der Waals surface area contributed by atoms with E-state index in [1.54, 1.807) is 0 Å². The fourth-order valence-electron chi connectivity index (χ4n) is 2.70. The SMILES string of the molecule is CN(Cc1cc(Br)c(Br)o1)C1CCCC1CN. The van der Waals surface area contributed by atoms with Crippen LogP contribution >= 0.6 is 31.9 Å². The Hall–Kier alpha value is 0.160. The van der Waals surface area contributed by atoms with Crippen LogP contribution in [0.15, 0.2) is 19.6 Å². The highest BCUT2D eigenvalue weighted by atomic mass is 79.9. The Bertz CT molecular complexity index is 361. The van der Waals surface area contributed by atoms with Gasteiger partial charge in [0.2, 0.25) is 0 Å². The summed E-state index contributed by atoms with van der Waals surface area (Å²) in [5.41, 5.74) is 5.82. The Morgan fingerprint density at radius 2 is 2.24 bits per heavy atom. The molecule has 0 aromatic carbocycles. The van der Waals surface area contributed by atoms with Gasteiger partial charge in [0.25, 0.3) is 0 Å². The van der Waals surface area contributed by atoms with E-state index in [9.17, 15) is 0 Å². The van der Waals surface area contributed by atoms with Gasteiger partial charge in [0.15, 0.2) is 4.67 Å². The highest BCUT2D eigenvalue weighted by molar-refractivity contribution is 9.13. The minimum Gasteiger partial charge on any atom is -0.452 e. The van der Waals surface area contributed by atoms with Crippen molar-refractivity contribution < 1.29 is 4.42 Å². The molecule has 5 heteroatoms. The second-order valence-corrected chi connectivity index (χ2v) is 6.32.